The highest BCUT2D eigenvalue weighted by Crippen LogP contribution is 2.29. The van der Waals surface area contributed by atoms with E-state index >= 15 is 0 Å². The van der Waals surface area contributed by atoms with Gasteiger partial charge in [0.2, 0.25) is 0 Å². The van der Waals surface area contributed by atoms with Crippen LogP contribution in [0.25, 0.3) is 0 Å². The smallest absolute Gasteiger partial charge is 0.162 e. The first-order valence-corrected chi connectivity index (χ1v) is 7.07. The van der Waals surface area contributed by atoms with Gasteiger partial charge in [0, 0.05) is 5.69 Å². The quantitative estimate of drug-likeness (QED) is 0.824. The molecule has 0 aliphatic rings. The molecule has 0 fully saturated rings. The van der Waals surface area contributed by atoms with E-state index in [2.05, 4.69) is 35.1 Å². The molecular formula is C16H14BrFN2. The zero-order valence-corrected chi connectivity index (χ0v) is 12.8. The number of rotatable bonds is 3. The summed E-state index contributed by atoms with van der Waals surface area (Å²) in [4.78, 5) is 0. The molecule has 0 radical (unpaired) electrons. The maximum absolute atomic E-state index is 14.1. The van der Waals surface area contributed by atoms with Crippen molar-refractivity contribution >= 4 is 27.3 Å². The summed E-state index contributed by atoms with van der Waals surface area (Å²) < 4.78 is 14.3. The molecule has 0 aromatic heterocycles. The van der Waals surface area contributed by atoms with Gasteiger partial charge in [0.15, 0.2) is 5.82 Å². The van der Waals surface area contributed by atoms with Gasteiger partial charge in [-0.05, 0) is 51.7 Å². The summed E-state index contributed by atoms with van der Waals surface area (Å²) in [5, 5.41) is 11.9. The maximum atomic E-state index is 14.1. The molecule has 20 heavy (non-hydrogen) atoms. The third-order valence-corrected chi connectivity index (χ3v) is 3.81. The SMILES string of the molecule is CC(C)c1cccc(Nc2ccc(C#N)c(Br)c2F)c1. The average molecular weight is 333 g/mol. The van der Waals surface area contributed by atoms with Gasteiger partial charge in [-0.2, -0.15) is 5.26 Å². The topological polar surface area (TPSA) is 35.8 Å². The fourth-order valence-corrected chi connectivity index (χ4v) is 2.30. The van der Waals surface area contributed by atoms with Crippen LogP contribution in [0, 0.1) is 17.1 Å². The van der Waals surface area contributed by atoms with Crippen molar-refractivity contribution in [1.82, 2.24) is 0 Å². The molecule has 0 unspecified atom stereocenters. The van der Waals surface area contributed by atoms with Crippen molar-refractivity contribution in [2.75, 3.05) is 5.32 Å². The van der Waals surface area contributed by atoms with Gasteiger partial charge in [-0.1, -0.05) is 26.0 Å². The van der Waals surface area contributed by atoms with E-state index in [4.69, 9.17) is 5.26 Å². The molecule has 2 aromatic carbocycles. The van der Waals surface area contributed by atoms with Crippen LogP contribution in [0.2, 0.25) is 0 Å². The first kappa shape index (κ1) is 14.5. The fraction of sp³-hybridized carbons (Fsp3) is 0.188. The summed E-state index contributed by atoms with van der Waals surface area (Å²) >= 11 is 3.10. The second-order valence-corrected chi connectivity index (χ2v) is 5.60. The molecular weight excluding hydrogens is 319 g/mol. The lowest BCUT2D eigenvalue weighted by Gasteiger charge is -2.12. The minimum atomic E-state index is -0.459. The molecule has 0 saturated carbocycles. The number of halogens is 2. The molecule has 0 atom stereocenters. The maximum Gasteiger partial charge on any atom is 0.162 e. The lowest BCUT2D eigenvalue weighted by Crippen LogP contribution is -1.97. The van der Waals surface area contributed by atoms with Crippen molar-refractivity contribution in [2.45, 2.75) is 19.8 Å². The number of nitriles is 1. The fourth-order valence-electron chi connectivity index (χ4n) is 1.86. The Kier molecular flexibility index (Phi) is 4.41. The molecule has 0 aliphatic heterocycles. The van der Waals surface area contributed by atoms with Crippen LogP contribution in [-0.2, 0) is 0 Å². The molecule has 0 amide bonds. The van der Waals surface area contributed by atoms with E-state index in [1.807, 2.05) is 30.3 Å². The van der Waals surface area contributed by atoms with Gasteiger partial charge in [0.1, 0.15) is 6.07 Å². The molecule has 102 valence electrons. The summed E-state index contributed by atoms with van der Waals surface area (Å²) in [6.07, 6.45) is 0. The third-order valence-electron chi connectivity index (χ3n) is 3.04. The molecule has 4 heteroatoms. The Morgan fingerprint density at radius 1 is 1.25 bits per heavy atom. The molecule has 0 aliphatic carbocycles. The zero-order chi connectivity index (χ0) is 14.7. The van der Waals surface area contributed by atoms with Crippen LogP contribution in [0.4, 0.5) is 15.8 Å². The van der Waals surface area contributed by atoms with Crippen molar-refractivity contribution in [1.29, 1.82) is 5.26 Å². The predicted octanol–water partition coefficient (Wildman–Crippen LogP) is 5.33. The number of anilines is 2. The van der Waals surface area contributed by atoms with Crippen molar-refractivity contribution < 1.29 is 4.39 Å². The average Bonchev–Trinajstić information content (AvgIpc) is 2.44. The summed E-state index contributed by atoms with van der Waals surface area (Å²) in [7, 11) is 0. The van der Waals surface area contributed by atoms with Crippen molar-refractivity contribution in [3.63, 3.8) is 0 Å². The van der Waals surface area contributed by atoms with Crippen LogP contribution in [-0.4, -0.2) is 0 Å². The Labute approximate surface area is 126 Å². The molecule has 0 bridgehead atoms. The van der Waals surface area contributed by atoms with E-state index in [1.54, 1.807) is 12.1 Å². The van der Waals surface area contributed by atoms with Crippen LogP contribution in [0.1, 0.15) is 30.9 Å². The summed E-state index contributed by atoms with van der Waals surface area (Å²) in [6.45, 7) is 4.22. The van der Waals surface area contributed by atoms with Crippen molar-refractivity contribution in [3.8, 4) is 6.07 Å². The molecule has 2 aromatic rings. The Hall–Kier alpha value is -1.86. The third kappa shape index (κ3) is 3.00. The Morgan fingerprint density at radius 3 is 2.65 bits per heavy atom. The molecule has 2 rings (SSSR count). The van der Waals surface area contributed by atoms with Crippen molar-refractivity contribution in [3.05, 3.63) is 57.8 Å². The first-order chi connectivity index (χ1) is 9.52. The van der Waals surface area contributed by atoms with E-state index < -0.39 is 5.82 Å². The number of benzene rings is 2. The Morgan fingerprint density at radius 2 is 2.00 bits per heavy atom. The van der Waals surface area contributed by atoms with E-state index in [-0.39, 0.29) is 10.0 Å². The molecule has 0 spiro atoms. The van der Waals surface area contributed by atoms with Gasteiger partial charge in [0.25, 0.3) is 0 Å². The number of hydrogen-bond acceptors (Lipinski definition) is 2. The van der Waals surface area contributed by atoms with Gasteiger partial charge in [0.05, 0.1) is 15.7 Å². The Bertz CT molecular complexity index is 675. The standard InChI is InChI=1S/C16H14BrFN2/c1-10(2)11-4-3-5-13(8-11)20-14-7-6-12(9-19)15(17)16(14)18/h3-8,10,20H,1-2H3. The van der Waals surface area contributed by atoms with Gasteiger partial charge in [-0.25, -0.2) is 4.39 Å². The predicted molar refractivity (Wildman–Crippen MR) is 82.6 cm³/mol. The molecule has 0 saturated heterocycles. The minimum Gasteiger partial charge on any atom is -0.353 e. The second-order valence-electron chi connectivity index (χ2n) is 4.81. The van der Waals surface area contributed by atoms with Crippen LogP contribution in [0.5, 0.6) is 0 Å². The van der Waals surface area contributed by atoms with Crippen LogP contribution in [0.15, 0.2) is 40.9 Å². The highest BCUT2D eigenvalue weighted by atomic mass is 79.9. The largest absolute Gasteiger partial charge is 0.353 e. The van der Waals surface area contributed by atoms with E-state index in [0.717, 1.165) is 5.69 Å². The highest BCUT2D eigenvalue weighted by Gasteiger charge is 2.11. The van der Waals surface area contributed by atoms with Gasteiger partial charge >= 0.3 is 0 Å². The highest BCUT2D eigenvalue weighted by molar-refractivity contribution is 9.10. The lowest BCUT2D eigenvalue weighted by molar-refractivity contribution is 0.624. The summed E-state index contributed by atoms with van der Waals surface area (Å²) in [5.74, 6) is -0.0479. The summed E-state index contributed by atoms with van der Waals surface area (Å²) in [5.41, 5.74) is 2.63. The monoisotopic (exact) mass is 332 g/mol. The van der Waals surface area contributed by atoms with Crippen LogP contribution >= 0.6 is 15.9 Å². The Balaban J connectivity index is 2.34. The summed E-state index contributed by atoms with van der Waals surface area (Å²) in [6, 6.07) is 13.0. The van der Waals surface area contributed by atoms with E-state index in [9.17, 15) is 4.39 Å². The lowest BCUT2D eigenvalue weighted by atomic mass is 10.0. The van der Waals surface area contributed by atoms with Crippen LogP contribution < -0.4 is 5.32 Å². The first-order valence-electron chi connectivity index (χ1n) is 6.28. The van der Waals surface area contributed by atoms with Crippen LogP contribution in [0.3, 0.4) is 0 Å². The van der Waals surface area contributed by atoms with E-state index in [0.29, 0.717) is 11.6 Å². The molecule has 2 nitrogen and oxygen atoms in total. The number of nitrogens with zero attached hydrogens (tertiary/aromatic N) is 1. The zero-order valence-electron chi connectivity index (χ0n) is 11.2. The van der Waals surface area contributed by atoms with E-state index in [1.165, 1.54) is 5.56 Å². The molecule has 0 heterocycles. The second kappa shape index (κ2) is 6.06. The molecule has 1 N–H and O–H groups in total. The normalized spacial score (nSPS) is 10.4. The number of nitrogens with one attached hydrogen (secondary N) is 1. The van der Waals surface area contributed by atoms with Gasteiger partial charge in [-0.15, -0.1) is 0 Å². The minimum absolute atomic E-state index is 0.185. The number of hydrogen-bond donors (Lipinski definition) is 1. The van der Waals surface area contributed by atoms with Gasteiger partial charge in [-0.3, -0.25) is 0 Å². The van der Waals surface area contributed by atoms with Gasteiger partial charge < -0.3 is 5.32 Å². The van der Waals surface area contributed by atoms with Crippen molar-refractivity contribution in [2.24, 2.45) is 0 Å².